The van der Waals surface area contributed by atoms with Crippen LogP contribution < -0.4 is 10.5 Å². The van der Waals surface area contributed by atoms with E-state index in [1.165, 1.54) is 7.11 Å². The molecule has 1 aromatic heterocycles. The van der Waals surface area contributed by atoms with E-state index in [9.17, 15) is 9.59 Å². The van der Waals surface area contributed by atoms with E-state index in [1.54, 1.807) is 17.0 Å². The summed E-state index contributed by atoms with van der Waals surface area (Å²) in [6.07, 6.45) is 4.05. The minimum Gasteiger partial charge on any atom is -0.469 e. The molecule has 2 heterocycles. The standard InChI is InChI=1S/C14H21N3O3/c1-10(2)8-17-7-5-15-12(13(17)18)16-6-4-11(9-16)14(19)20-3/h5,7,10-11H,4,6,8-9H2,1-3H3. The van der Waals surface area contributed by atoms with Gasteiger partial charge in [-0.2, -0.15) is 0 Å². The molecule has 1 atom stereocenters. The lowest BCUT2D eigenvalue weighted by molar-refractivity contribution is -0.144. The molecule has 0 aromatic carbocycles. The quantitative estimate of drug-likeness (QED) is 0.766. The number of methoxy groups -OCH3 is 1. The van der Waals surface area contributed by atoms with E-state index >= 15 is 0 Å². The van der Waals surface area contributed by atoms with Crippen molar-refractivity contribution >= 4 is 11.8 Å². The number of nitrogens with zero attached hydrogens (tertiary/aromatic N) is 3. The summed E-state index contributed by atoms with van der Waals surface area (Å²) in [4.78, 5) is 30.0. The van der Waals surface area contributed by atoms with Crippen LogP contribution in [0.15, 0.2) is 17.2 Å². The van der Waals surface area contributed by atoms with Crippen LogP contribution in [-0.4, -0.2) is 35.7 Å². The third-order valence-corrected chi connectivity index (χ3v) is 3.48. The van der Waals surface area contributed by atoms with E-state index in [1.807, 2.05) is 4.90 Å². The largest absolute Gasteiger partial charge is 0.469 e. The predicted molar refractivity (Wildman–Crippen MR) is 75.7 cm³/mol. The molecular weight excluding hydrogens is 258 g/mol. The number of hydrogen-bond acceptors (Lipinski definition) is 5. The minimum absolute atomic E-state index is 0.0910. The van der Waals surface area contributed by atoms with Crippen LogP contribution in [0.1, 0.15) is 20.3 Å². The topological polar surface area (TPSA) is 64.4 Å². The molecule has 0 bridgehead atoms. The first kappa shape index (κ1) is 14.6. The summed E-state index contributed by atoms with van der Waals surface area (Å²) >= 11 is 0. The summed E-state index contributed by atoms with van der Waals surface area (Å²) in [7, 11) is 1.39. The third-order valence-electron chi connectivity index (χ3n) is 3.48. The smallest absolute Gasteiger partial charge is 0.310 e. The summed E-state index contributed by atoms with van der Waals surface area (Å²) < 4.78 is 6.43. The predicted octanol–water partition coefficient (Wildman–Crippen LogP) is 0.899. The zero-order valence-corrected chi connectivity index (χ0v) is 12.2. The van der Waals surface area contributed by atoms with Gasteiger partial charge in [0.1, 0.15) is 0 Å². The van der Waals surface area contributed by atoms with E-state index in [2.05, 4.69) is 18.8 Å². The van der Waals surface area contributed by atoms with Crippen LogP contribution in [-0.2, 0) is 16.1 Å². The number of esters is 1. The second kappa shape index (κ2) is 6.07. The summed E-state index contributed by atoms with van der Waals surface area (Å²) in [5, 5.41) is 0. The van der Waals surface area contributed by atoms with Crippen molar-refractivity contribution in [3.8, 4) is 0 Å². The number of carbonyl (C=O) groups is 1. The monoisotopic (exact) mass is 279 g/mol. The van der Waals surface area contributed by atoms with Crippen LogP contribution in [0.25, 0.3) is 0 Å². The van der Waals surface area contributed by atoms with E-state index in [4.69, 9.17) is 4.74 Å². The molecule has 0 radical (unpaired) electrons. The lowest BCUT2D eigenvalue weighted by atomic mass is 10.1. The zero-order valence-electron chi connectivity index (χ0n) is 12.2. The highest BCUT2D eigenvalue weighted by Gasteiger charge is 2.31. The van der Waals surface area contributed by atoms with Gasteiger partial charge in [-0.3, -0.25) is 9.59 Å². The van der Waals surface area contributed by atoms with Crippen molar-refractivity contribution in [2.45, 2.75) is 26.8 Å². The van der Waals surface area contributed by atoms with Crippen LogP contribution in [0.2, 0.25) is 0 Å². The van der Waals surface area contributed by atoms with Gasteiger partial charge in [-0.25, -0.2) is 4.98 Å². The highest BCUT2D eigenvalue weighted by Crippen LogP contribution is 2.20. The maximum Gasteiger partial charge on any atom is 0.310 e. The number of anilines is 1. The van der Waals surface area contributed by atoms with Gasteiger partial charge >= 0.3 is 5.97 Å². The van der Waals surface area contributed by atoms with Crippen molar-refractivity contribution in [3.63, 3.8) is 0 Å². The Hall–Kier alpha value is -1.85. The van der Waals surface area contributed by atoms with Gasteiger partial charge in [0.05, 0.1) is 13.0 Å². The Bertz CT molecular complexity index is 539. The Kier molecular flexibility index (Phi) is 4.42. The molecule has 1 aromatic rings. The third kappa shape index (κ3) is 3.00. The molecule has 1 aliphatic rings. The molecule has 1 saturated heterocycles. The Balaban J connectivity index is 2.18. The fourth-order valence-corrected chi connectivity index (χ4v) is 2.50. The van der Waals surface area contributed by atoms with Crippen LogP contribution in [0.3, 0.4) is 0 Å². The first-order chi connectivity index (χ1) is 9.52. The van der Waals surface area contributed by atoms with Crippen molar-refractivity contribution < 1.29 is 9.53 Å². The first-order valence-corrected chi connectivity index (χ1v) is 6.91. The highest BCUT2D eigenvalue weighted by molar-refractivity contribution is 5.73. The molecule has 0 saturated carbocycles. The molecule has 20 heavy (non-hydrogen) atoms. The van der Waals surface area contributed by atoms with Gasteiger partial charge < -0.3 is 14.2 Å². The van der Waals surface area contributed by atoms with E-state index in [0.29, 0.717) is 37.8 Å². The number of aromatic nitrogens is 2. The second-order valence-electron chi connectivity index (χ2n) is 5.56. The Morgan fingerprint density at radius 3 is 2.95 bits per heavy atom. The molecule has 0 N–H and O–H groups in total. The summed E-state index contributed by atoms with van der Waals surface area (Å²) in [6.45, 7) is 5.96. The van der Waals surface area contributed by atoms with Gasteiger partial charge in [0.2, 0.25) is 0 Å². The molecule has 0 spiro atoms. The van der Waals surface area contributed by atoms with Gasteiger partial charge in [0.15, 0.2) is 5.82 Å². The average Bonchev–Trinajstić information content (AvgIpc) is 2.89. The van der Waals surface area contributed by atoms with Crippen molar-refractivity contribution in [1.29, 1.82) is 0 Å². The van der Waals surface area contributed by atoms with E-state index < -0.39 is 0 Å². The van der Waals surface area contributed by atoms with Crippen molar-refractivity contribution in [3.05, 3.63) is 22.7 Å². The number of ether oxygens (including phenoxy) is 1. The second-order valence-corrected chi connectivity index (χ2v) is 5.56. The maximum absolute atomic E-state index is 12.4. The molecule has 110 valence electrons. The first-order valence-electron chi connectivity index (χ1n) is 6.91. The Morgan fingerprint density at radius 1 is 1.55 bits per heavy atom. The molecule has 0 amide bonds. The fourth-order valence-electron chi connectivity index (χ4n) is 2.50. The van der Waals surface area contributed by atoms with Gasteiger partial charge in [-0.05, 0) is 12.3 Å². The average molecular weight is 279 g/mol. The van der Waals surface area contributed by atoms with Gasteiger partial charge in [-0.1, -0.05) is 13.8 Å². The van der Waals surface area contributed by atoms with Crippen LogP contribution in [0, 0.1) is 11.8 Å². The van der Waals surface area contributed by atoms with Crippen LogP contribution in [0.5, 0.6) is 0 Å². The Morgan fingerprint density at radius 2 is 2.30 bits per heavy atom. The number of carbonyl (C=O) groups excluding carboxylic acids is 1. The normalized spacial score (nSPS) is 18.6. The van der Waals surface area contributed by atoms with Crippen molar-refractivity contribution in [2.24, 2.45) is 11.8 Å². The van der Waals surface area contributed by atoms with Crippen LogP contribution in [0.4, 0.5) is 5.82 Å². The fraction of sp³-hybridized carbons (Fsp3) is 0.643. The zero-order chi connectivity index (χ0) is 14.7. The minimum atomic E-state index is -0.217. The molecule has 1 unspecified atom stereocenters. The Labute approximate surface area is 118 Å². The molecule has 1 fully saturated rings. The maximum atomic E-state index is 12.4. The van der Waals surface area contributed by atoms with Gasteiger partial charge in [0.25, 0.3) is 5.56 Å². The van der Waals surface area contributed by atoms with Gasteiger partial charge in [-0.15, -0.1) is 0 Å². The molecule has 1 aliphatic heterocycles. The molecular formula is C14H21N3O3. The SMILES string of the molecule is COC(=O)C1CCN(c2nccn(CC(C)C)c2=O)C1. The van der Waals surface area contributed by atoms with Crippen LogP contribution >= 0.6 is 0 Å². The van der Waals surface area contributed by atoms with Gasteiger partial charge in [0, 0.05) is 32.0 Å². The highest BCUT2D eigenvalue weighted by atomic mass is 16.5. The summed E-state index contributed by atoms with van der Waals surface area (Å²) in [5.74, 6) is 0.440. The van der Waals surface area contributed by atoms with E-state index in [0.717, 1.165) is 0 Å². The molecule has 0 aliphatic carbocycles. The summed E-state index contributed by atoms with van der Waals surface area (Å²) in [5.41, 5.74) is -0.0910. The van der Waals surface area contributed by atoms with Crippen molar-refractivity contribution in [2.75, 3.05) is 25.1 Å². The molecule has 2 rings (SSSR count). The number of rotatable bonds is 4. The number of hydrogen-bond donors (Lipinski definition) is 0. The molecule has 6 heteroatoms. The summed E-state index contributed by atoms with van der Waals surface area (Å²) in [6, 6.07) is 0. The molecule has 6 nitrogen and oxygen atoms in total. The lowest BCUT2D eigenvalue weighted by Gasteiger charge is -2.18. The van der Waals surface area contributed by atoms with E-state index in [-0.39, 0.29) is 17.4 Å². The lowest BCUT2D eigenvalue weighted by Crippen LogP contribution is -2.33. The van der Waals surface area contributed by atoms with Crippen molar-refractivity contribution in [1.82, 2.24) is 9.55 Å².